The van der Waals surface area contributed by atoms with E-state index in [9.17, 15) is 41.4 Å². The summed E-state index contributed by atoms with van der Waals surface area (Å²) < 4.78 is 68.0. The predicted molar refractivity (Wildman–Crippen MR) is 143 cm³/mol. The highest BCUT2D eigenvalue weighted by Crippen LogP contribution is 2.56. The fourth-order valence-corrected chi connectivity index (χ4v) is 9.07. The minimum Gasteiger partial charge on any atom is -0.393 e. The Kier molecular flexibility index (Phi) is 7.90. The number of hydrogen-bond donors (Lipinski definition) is 4. The molecule has 0 radical (unpaired) electrons. The van der Waals surface area contributed by atoms with Gasteiger partial charge in [-0.2, -0.15) is 0 Å². The van der Waals surface area contributed by atoms with Crippen molar-refractivity contribution in [2.75, 3.05) is 5.32 Å². The van der Waals surface area contributed by atoms with E-state index < -0.39 is 62.0 Å². The highest BCUT2D eigenvalue weighted by atomic mass is 35.5. The van der Waals surface area contributed by atoms with Crippen molar-refractivity contribution in [1.82, 2.24) is 5.32 Å². The Morgan fingerprint density at radius 3 is 2.32 bits per heavy atom. The average Bonchev–Trinajstić information content (AvgIpc) is 2.99. The standard InChI is InChI=1S/C28H30ClF3N2O6S/c1-13-4-15-6-19(11-20(13)28(15,38)12-25(36)33-16-7-18(35)8-16)41(39,40)24-5-14(2-3-21(24)29)27(37)34-17-9-22(30)26(32)23(31)10-17/h2-3,5,9-10,13,15-16,18-20,35,38H,4,6-8,11-12H2,1H3,(H,33,36)(H,34,37)/t13-,15?,16-,18-,19?,20+,28+/m0/s1. The molecule has 3 saturated carbocycles. The van der Waals surface area contributed by atoms with Gasteiger partial charge in [0.05, 0.1) is 33.3 Å². The van der Waals surface area contributed by atoms with Crippen LogP contribution in [0.15, 0.2) is 35.2 Å². The van der Waals surface area contributed by atoms with Gasteiger partial charge in [-0.15, -0.1) is 0 Å². The lowest BCUT2D eigenvalue weighted by Crippen LogP contribution is -2.53. The molecule has 0 saturated heterocycles. The second kappa shape index (κ2) is 10.9. The van der Waals surface area contributed by atoms with Crippen molar-refractivity contribution < 1.29 is 41.4 Å². The summed E-state index contributed by atoms with van der Waals surface area (Å²) in [6, 6.07) is 4.61. The lowest BCUT2D eigenvalue weighted by molar-refractivity contribution is -0.135. The van der Waals surface area contributed by atoms with Gasteiger partial charge in [0.15, 0.2) is 27.3 Å². The maximum Gasteiger partial charge on any atom is 0.255 e. The molecule has 41 heavy (non-hydrogen) atoms. The fraction of sp³-hybridized carbons (Fsp3) is 0.500. The minimum atomic E-state index is -4.11. The van der Waals surface area contributed by atoms with Crippen LogP contribution in [0.4, 0.5) is 18.9 Å². The van der Waals surface area contributed by atoms with Gasteiger partial charge in [0.1, 0.15) is 0 Å². The monoisotopic (exact) mass is 614 g/mol. The third-order valence-electron chi connectivity index (χ3n) is 8.86. The van der Waals surface area contributed by atoms with Crippen LogP contribution < -0.4 is 10.6 Å². The molecule has 2 amide bonds. The normalized spacial score (nSPS) is 30.9. The Morgan fingerprint density at radius 2 is 1.71 bits per heavy atom. The molecule has 0 aliphatic heterocycles. The van der Waals surface area contributed by atoms with Crippen LogP contribution in [-0.2, 0) is 14.6 Å². The van der Waals surface area contributed by atoms with Gasteiger partial charge in [0.2, 0.25) is 5.91 Å². The van der Waals surface area contributed by atoms with Crippen molar-refractivity contribution in [3.8, 4) is 0 Å². The zero-order chi connectivity index (χ0) is 29.9. The number of halogens is 4. The van der Waals surface area contributed by atoms with Crippen LogP contribution >= 0.6 is 11.6 Å². The lowest BCUT2D eigenvalue weighted by atomic mass is 9.71. The number of rotatable bonds is 7. The van der Waals surface area contributed by atoms with Gasteiger partial charge in [-0.1, -0.05) is 18.5 Å². The van der Waals surface area contributed by atoms with Crippen LogP contribution in [0.1, 0.15) is 55.8 Å². The molecule has 13 heteroatoms. The van der Waals surface area contributed by atoms with Crippen molar-refractivity contribution in [2.45, 2.75) is 73.3 Å². The summed E-state index contributed by atoms with van der Waals surface area (Å²) in [4.78, 5) is 25.2. The Balaban J connectivity index is 1.33. The number of anilines is 1. The van der Waals surface area contributed by atoms with Crippen LogP contribution in [-0.4, -0.2) is 53.4 Å². The van der Waals surface area contributed by atoms with Crippen LogP contribution in [0.5, 0.6) is 0 Å². The highest BCUT2D eigenvalue weighted by molar-refractivity contribution is 7.92. The zero-order valence-corrected chi connectivity index (χ0v) is 23.6. The van der Waals surface area contributed by atoms with Gasteiger partial charge in [-0.05, 0) is 68.1 Å². The minimum absolute atomic E-state index is 0.0346. The van der Waals surface area contributed by atoms with Crippen molar-refractivity contribution in [3.05, 3.63) is 58.4 Å². The summed E-state index contributed by atoms with van der Waals surface area (Å²) in [7, 11) is -4.11. The number of carbonyl (C=O) groups is 2. The first kappa shape index (κ1) is 29.8. The fourth-order valence-electron chi connectivity index (χ4n) is 6.69. The molecule has 0 aromatic heterocycles. The number of sulfone groups is 1. The van der Waals surface area contributed by atoms with E-state index in [1.165, 1.54) is 12.1 Å². The molecule has 4 N–H and O–H groups in total. The molecule has 3 fully saturated rings. The Labute approximate surface area is 240 Å². The Hall–Kier alpha value is -2.67. The van der Waals surface area contributed by atoms with E-state index in [-0.39, 0.29) is 58.3 Å². The van der Waals surface area contributed by atoms with Crippen molar-refractivity contribution in [1.29, 1.82) is 0 Å². The molecule has 0 spiro atoms. The first-order chi connectivity index (χ1) is 19.2. The van der Waals surface area contributed by atoms with Crippen LogP contribution in [0.2, 0.25) is 5.02 Å². The summed E-state index contributed by atoms with van der Waals surface area (Å²) in [5, 5.41) is 25.1. The Bertz CT molecular complexity index is 1480. The molecule has 0 heterocycles. The molecule has 222 valence electrons. The van der Waals surface area contributed by atoms with E-state index in [1.807, 2.05) is 6.92 Å². The van der Waals surface area contributed by atoms with Gasteiger partial charge >= 0.3 is 0 Å². The topological polar surface area (TPSA) is 133 Å². The lowest BCUT2D eigenvalue weighted by Gasteiger charge is -2.43. The molecule has 2 unspecified atom stereocenters. The molecule has 8 nitrogen and oxygen atoms in total. The van der Waals surface area contributed by atoms with E-state index in [0.29, 0.717) is 31.4 Å². The predicted octanol–water partition coefficient (Wildman–Crippen LogP) is 3.98. The molecular formula is C28H30ClF3N2O6S. The van der Waals surface area contributed by atoms with E-state index >= 15 is 0 Å². The van der Waals surface area contributed by atoms with Crippen molar-refractivity contribution in [2.24, 2.45) is 17.8 Å². The first-order valence-electron chi connectivity index (χ1n) is 13.4. The second-order valence-electron chi connectivity index (χ2n) is 11.6. The number of carbonyl (C=O) groups excluding carboxylic acids is 2. The molecule has 3 aliphatic rings. The number of aliphatic hydroxyl groups is 2. The van der Waals surface area contributed by atoms with Crippen LogP contribution in [0, 0.1) is 35.2 Å². The van der Waals surface area contributed by atoms with E-state index in [1.54, 1.807) is 0 Å². The summed E-state index contributed by atoms with van der Waals surface area (Å²) in [5.41, 5.74) is -1.89. The smallest absolute Gasteiger partial charge is 0.255 e. The quantitative estimate of drug-likeness (QED) is 0.349. The number of aliphatic hydroxyl groups excluding tert-OH is 1. The van der Waals surface area contributed by atoms with Gasteiger partial charge < -0.3 is 20.8 Å². The SMILES string of the molecule is C[C@H]1CC2CC(S(=O)(=O)c3cc(C(=O)Nc4cc(F)c(F)c(F)c4)ccc3Cl)C[C@H]1[C@@]2(O)CC(=O)N[C@H]1C[C@H](O)C1. The summed E-state index contributed by atoms with van der Waals surface area (Å²) in [5.74, 6) is -6.87. The second-order valence-corrected chi connectivity index (χ2v) is 14.2. The Morgan fingerprint density at radius 1 is 1.05 bits per heavy atom. The number of nitrogens with one attached hydrogen (secondary N) is 2. The molecule has 2 bridgehead atoms. The zero-order valence-electron chi connectivity index (χ0n) is 22.0. The first-order valence-corrected chi connectivity index (χ1v) is 15.3. The number of benzene rings is 2. The summed E-state index contributed by atoms with van der Waals surface area (Å²) in [6.45, 7) is 1.92. The number of fused-ring (bicyclic) bond motifs is 2. The average molecular weight is 615 g/mol. The molecule has 2 aromatic rings. The third-order valence-corrected chi connectivity index (χ3v) is 11.5. The molecule has 5 atom stereocenters. The van der Waals surface area contributed by atoms with Gasteiger partial charge in [0.25, 0.3) is 5.91 Å². The van der Waals surface area contributed by atoms with Crippen molar-refractivity contribution in [3.63, 3.8) is 0 Å². The molecule has 2 aromatic carbocycles. The maximum absolute atomic E-state index is 13.8. The summed E-state index contributed by atoms with van der Waals surface area (Å²) in [6.07, 6.45) is 1.05. The molecule has 5 rings (SSSR count). The largest absolute Gasteiger partial charge is 0.393 e. The van der Waals surface area contributed by atoms with E-state index in [2.05, 4.69) is 10.6 Å². The number of amides is 2. The third kappa shape index (κ3) is 5.59. The highest BCUT2D eigenvalue weighted by Gasteiger charge is 2.59. The van der Waals surface area contributed by atoms with E-state index in [4.69, 9.17) is 11.6 Å². The maximum atomic E-state index is 13.8. The molecular weight excluding hydrogens is 585 g/mol. The van der Waals surface area contributed by atoms with Crippen LogP contribution in [0.3, 0.4) is 0 Å². The summed E-state index contributed by atoms with van der Waals surface area (Å²) >= 11 is 6.27. The molecule has 3 aliphatic carbocycles. The van der Waals surface area contributed by atoms with E-state index in [0.717, 1.165) is 6.07 Å². The van der Waals surface area contributed by atoms with Gasteiger partial charge in [0, 0.05) is 29.4 Å². The van der Waals surface area contributed by atoms with Gasteiger partial charge in [-0.3, -0.25) is 9.59 Å². The number of hydrogen-bond acceptors (Lipinski definition) is 6. The van der Waals surface area contributed by atoms with Crippen molar-refractivity contribution >= 4 is 38.9 Å². The van der Waals surface area contributed by atoms with Gasteiger partial charge in [-0.25, -0.2) is 21.6 Å². The van der Waals surface area contributed by atoms with Crippen LogP contribution in [0.25, 0.3) is 0 Å².